The van der Waals surface area contributed by atoms with Crippen LogP contribution in [0.4, 0.5) is 5.82 Å². The Balaban J connectivity index is 2.26. The SMILES string of the molecule is Nc1cnc(Oc2cc(Cl)ccc2Cl)cn1. The van der Waals surface area contributed by atoms with Crippen molar-refractivity contribution in [2.75, 3.05) is 5.73 Å². The molecule has 0 fully saturated rings. The lowest BCUT2D eigenvalue weighted by Crippen LogP contribution is -1.94. The molecule has 6 heteroatoms. The molecule has 1 aromatic heterocycles. The first-order valence-electron chi connectivity index (χ1n) is 4.35. The minimum absolute atomic E-state index is 0.304. The Bertz CT molecular complexity index is 502. The number of ether oxygens (including phenoxy) is 1. The molecule has 0 aliphatic heterocycles. The van der Waals surface area contributed by atoms with Gasteiger partial charge in [0.05, 0.1) is 17.4 Å². The van der Waals surface area contributed by atoms with Crippen molar-refractivity contribution >= 4 is 29.0 Å². The quantitative estimate of drug-likeness (QED) is 0.896. The van der Waals surface area contributed by atoms with Crippen LogP contribution in [-0.2, 0) is 0 Å². The van der Waals surface area contributed by atoms with Crippen molar-refractivity contribution in [3.05, 3.63) is 40.6 Å². The van der Waals surface area contributed by atoms with Gasteiger partial charge >= 0.3 is 0 Å². The zero-order valence-corrected chi connectivity index (χ0v) is 9.53. The zero-order valence-electron chi connectivity index (χ0n) is 8.02. The van der Waals surface area contributed by atoms with Crippen molar-refractivity contribution in [3.8, 4) is 11.6 Å². The number of anilines is 1. The molecule has 2 N–H and O–H groups in total. The molecule has 0 saturated heterocycles. The molecule has 0 atom stereocenters. The van der Waals surface area contributed by atoms with E-state index in [4.69, 9.17) is 33.7 Å². The maximum Gasteiger partial charge on any atom is 0.238 e. The van der Waals surface area contributed by atoms with E-state index in [1.54, 1.807) is 18.2 Å². The Kier molecular flexibility index (Phi) is 3.12. The van der Waals surface area contributed by atoms with Crippen molar-refractivity contribution in [3.63, 3.8) is 0 Å². The molecular formula is C10H7Cl2N3O. The maximum absolute atomic E-state index is 5.92. The average molecular weight is 256 g/mol. The predicted molar refractivity (Wildman–Crippen MR) is 63.0 cm³/mol. The topological polar surface area (TPSA) is 61.0 Å². The van der Waals surface area contributed by atoms with E-state index in [0.717, 1.165) is 0 Å². The summed E-state index contributed by atoms with van der Waals surface area (Å²) in [7, 11) is 0. The third-order valence-electron chi connectivity index (χ3n) is 1.76. The van der Waals surface area contributed by atoms with Crippen LogP contribution in [0, 0.1) is 0 Å². The molecule has 0 radical (unpaired) electrons. The minimum atomic E-state index is 0.304. The molecule has 16 heavy (non-hydrogen) atoms. The van der Waals surface area contributed by atoms with Crippen LogP contribution in [-0.4, -0.2) is 9.97 Å². The van der Waals surface area contributed by atoms with E-state index in [1.165, 1.54) is 12.4 Å². The number of nitrogens with zero attached hydrogens (tertiary/aromatic N) is 2. The number of hydrogen-bond donors (Lipinski definition) is 1. The van der Waals surface area contributed by atoms with Gasteiger partial charge in [-0.2, -0.15) is 0 Å². The molecule has 0 aliphatic rings. The van der Waals surface area contributed by atoms with Crippen LogP contribution in [0.25, 0.3) is 0 Å². The third-order valence-corrected chi connectivity index (χ3v) is 2.30. The Labute approximate surface area is 102 Å². The number of benzene rings is 1. The largest absolute Gasteiger partial charge is 0.436 e. The summed E-state index contributed by atoms with van der Waals surface area (Å²) in [6.45, 7) is 0. The zero-order chi connectivity index (χ0) is 11.5. The van der Waals surface area contributed by atoms with Gasteiger partial charge in [0.2, 0.25) is 5.88 Å². The summed E-state index contributed by atoms with van der Waals surface area (Å²) in [4.78, 5) is 7.77. The van der Waals surface area contributed by atoms with Crippen LogP contribution >= 0.6 is 23.2 Å². The summed E-state index contributed by atoms with van der Waals surface area (Å²) < 4.78 is 5.40. The van der Waals surface area contributed by atoms with Crippen molar-refractivity contribution in [1.82, 2.24) is 9.97 Å². The Hall–Kier alpha value is -1.52. The Morgan fingerprint density at radius 1 is 1.12 bits per heavy atom. The fourth-order valence-electron chi connectivity index (χ4n) is 1.05. The first-order chi connectivity index (χ1) is 7.65. The number of nitrogens with two attached hydrogens (primary N) is 1. The van der Waals surface area contributed by atoms with E-state index in [1.807, 2.05) is 0 Å². The Morgan fingerprint density at radius 2 is 1.94 bits per heavy atom. The number of hydrogen-bond acceptors (Lipinski definition) is 4. The normalized spacial score (nSPS) is 10.1. The van der Waals surface area contributed by atoms with E-state index < -0.39 is 0 Å². The molecular weight excluding hydrogens is 249 g/mol. The van der Waals surface area contributed by atoms with Gasteiger partial charge < -0.3 is 10.5 Å². The number of halogens is 2. The van der Waals surface area contributed by atoms with Gasteiger partial charge in [-0.1, -0.05) is 23.2 Å². The highest BCUT2D eigenvalue weighted by atomic mass is 35.5. The van der Waals surface area contributed by atoms with Crippen LogP contribution in [0.5, 0.6) is 11.6 Å². The van der Waals surface area contributed by atoms with Gasteiger partial charge in [0.15, 0.2) is 0 Å². The summed E-state index contributed by atoms with van der Waals surface area (Å²) >= 11 is 11.7. The molecule has 0 saturated carbocycles. The number of nitrogen functional groups attached to an aromatic ring is 1. The van der Waals surface area contributed by atoms with E-state index in [0.29, 0.717) is 27.5 Å². The van der Waals surface area contributed by atoms with E-state index >= 15 is 0 Å². The molecule has 0 amide bonds. The first kappa shape index (κ1) is 11.0. The molecule has 4 nitrogen and oxygen atoms in total. The van der Waals surface area contributed by atoms with Crippen LogP contribution in [0.15, 0.2) is 30.6 Å². The Morgan fingerprint density at radius 3 is 2.62 bits per heavy atom. The van der Waals surface area contributed by atoms with Crippen LogP contribution < -0.4 is 10.5 Å². The molecule has 2 rings (SSSR count). The summed E-state index contributed by atoms with van der Waals surface area (Å²) in [5.74, 6) is 1.05. The van der Waals surface area contributed by atoms with Crippen LogP contribution in [0.3, 0.4) is 0 Å². The average Bonchev–Trinajstić information content (AvgIpc) is 2.27. The molecule has 82 valence electrons. The number of aromatic nitrogens is 2. The summed E-state index contributed by atoms with van der Waals surface area (Å²) in [6.07, 6.45) is 2.81. The lowest BCUT2D eigenvalue weighted by Gasteiger charge is -2.06. The van der Waals surface area contributed by atoms with Gasteiger partial charge in [-0.15, -0.1) is 0 Å². The maximum atomic E-state index is 5.92. The van der Waals surface area contributed by atoms with Gasteiger partial charge in [0.1, 0.15) is 11.6 Å². The van der Waals surface area contributed by atoms with Crippen LogP contribution in [0.2, 0.25) is 10.0 Å². The summed E-state index contributed by atoms with van der Waals surface area (Å²) in [6, 6.07) is 4.91. The van der Waals surface area contributed by atoms with Crippen molar-refractivity contribution in [2.24, 2.45) is 0 Å². The van der Waals surface area contributed by atoms with Crippen molar-refractivity contribution < 1.29 is 4.74 Å². The van der Waals surface area contributed by atoms with Gasteiger partial charge in [-0.05, 0) is 12.1 Å². The fraction of sp³-hybridized carbons (Fsp3) is 0. The summed E-state index contributed by atoms with van der Waals surface area (Å²) in [5.41, 5.74) is 5.40. The van der Waals surface area contributed by atoms with Gasteiger partial charge in [0, 0.05) is 11.1 Å². The van der Waals surface area contributed by atoms with E-state index in [2.05, 4.69) is 9.97 Å². The highest BCUT2D eigenvalue weighted by Gasteiger charge is 2.05. The minimum Gasteiger partial charge on any atom is -0.436 e. The third kappa shape index (κ3) is 2.53. The molecule has 0 spiro atoms. The van der Waals surface area contributed by atoms with Crippen molar-refractivity contribution in [1.29, 1.82) is 0 Å². The molecule has 1 heterocycles. The lowest BCUT2D eigenvalue weighted by molar-refractivity contribution is 0.461. The van der Waals surface area contributed by atoms with Gasteiger partial charge in [0.25, 0.3) is 0 Å². The van der Waals surface area contributed by atoms with Gasteiger partial charge in [-0.25, -0.2) is 9.97 Å². The van der Waals surface area contributed by atoms with Crippen LogP contribution in [0.1, 0.15) is 0 Å². The highest BCUT2D eigenvalue weighted by Crippen LogP contribution is 2.30. The second-order valence-electron chi connectivity index (χ2n) is 2.96. The first-order valence-corrected chi connectivity index (χ1v) is 5.11. The second-order valence-corrected chi connectivity index (χ2v) is 3.80. The van der Waals surface area contributed by atoms with Crippen molar-refractivity contribution in [2.45, 2.75) is 0 Å². The fourth-order valence-corrected chi connectivity index (χ4v) is 1.37. The van der Waals surface area contributed by atoms with E-state index in [9.17, 15) is 0 Å². The van der Waals surface area contributed by atoms with Gasteiger partial charge in [-0.3, -0.25) is 0 Å². The summed E-state index contributed by atoms with van der Waals surface area (Å²) in [5, 5.41) is 0.978. The molecule has 0 unspecified atom stereocenters. The smallest absolute Gasteiger partial charge is 0.238 e. The monoisotopic (exact) mass is 255 g/mol. The lowest BCUT2D eigenvalue weighted by atomic mass is 10.3. The molecule has 1 aromatic carbocycles. The van der Waals surface area contributed by atoms with E-state index in [-0.39, 0.29) is 0 Å². The molecule has 2 aromatic rings. The number of rotatable bonds is 2. The second kappa shape index (κ2) is 4.55. The standard InChI is InChI=1S/C10H7Cl2N3O/c11-6-1-2-7(12)8(3-6)16-10-5-14-9(13)4-15-10/h1-5H,(H2,13,14). The highest BCUT2D eigenvalue weighted by molar-refractivity contribution is 6.34. The molecule has 0 aliphatic carbocycles. The predicted octanol–water partition coefficient (Wildman–Crippen LogP) is 3.16. The molecule has 0 bridgehead atoms.